The zero-order valence-electron chi connectivity index (χ0n) is 14.8. The average molecular weight is 430 g/mol. The Bertz CT molecular complexity index is 765. The molecular weight excluding hydrogens is 412 g/mol. The molecule has 0 amide bonds. The summed E-state index contributed by atoms with van der Waals surface area (Å²) < 4.78 is 82.8. The highest BCUT2D eigenvalue weighted by Gasteiger charge is 2.37. The molecule has 2 aromatic rings. The van der Waals surface area contributed by atoms with Gasteiger partial charge >= 0.3 is 12.4 Å². The Morgan fingerprint density at radius 2 is 1.54 bits per heavy atom. The molecule has 1 fully saturated rings. The maximum atomic E-state index is 13.0. The van der Waals surface area contributed by atoms with Gasteiger partial charge < -0.3 is 4.52 Å². The van der Waals surface area contributed by atoms with E-state index in [1.54, 1.807) is 0 Å². The van der Waals surface area contributed by atoms with Crippen LogP contribution in [-0.2, 0) is 18.9 Å². The predicted octanol–water partition coefficient (Wildman–Crippen LogP) is 5.43. The molecule has 28 heavy (non-hydrogen) atoms. The quantitative estimate of drug-likeness (QED) is 0.610. The molecule has 0 saturated carbocycles. The number of rotatable bonds is 3. The van der Waals surface area contributed by atoms with Gasteiger partial charge in [0.25, 0.3) is 0 Å². The van der Waals surface area contributed by atoms with E-state index in [1.807, 2.05) is 0 Å². The molecule has 0 unspecified atom stereocenters. The van der Waals surface area contributed by atoms with Crippen LogP contribution in [-0.4, -0.2) is 28.1 Å². The number of hydrogen-bond acceptors (Lipinski definition) is 4. The van der Waals surface area contributed by atoms with Crippen molar-refractivity contribution in [2.45, 2.75) is 38.7 Å². The molecule has 1 aliphatic heterocycles. The molecule has 0 radical (unpaired) electrons. The zero-order chi connectivity index (χ0) is 19.8. The third kappa shape index (κ3) is 5.38. The fourth-order valence-electron chi connectivity index (χ4n) is 2.93. The smallest absolute Gasteiger partial charge is 0.338 e. The maximum Gasteiger partial charge on any atom is 0.416 e. The minimum absolute atomic E-state index is 0. The lowest BCUT2D eigenvalue weighted by atomic mass is 9.99. The van der Waals surface area contributed by atoms with Crippen LogP contribution in [0.15, 0.2) is 22.7 Å². The van der Waals surface area contributed by atoms with Gasteiger partial charge in [-0.15, -0.1) is 12.4 Å². The Morgan fingerprint density at radius 1 is 1.00 bits per heavy atom. The van der Waals surface area contributed by atoms with Gasteiger partial charge in [0.2, 0.25) is 11.7 Å². The molecule has 0 spiro atoms. The molecule has 0 atom stereocenters. The van der Waals surface area contributed by atoms with Crippen LogP contribution in [0.2, 0.25) is 0 Å². The van der Waals surface area contributed by atoms with Crippen molar-refractivity contribution in [2.24, 2.45) is 5.92 Å². The molecule has 3 rings (SSSR count). The highest BCUT2D eigenvalue weighted by molar-refractivity contribution is 5.85. The lowest BCUT2D eigenvalue weighted by Crippen LogP contribution is -2.32. The first-order chi connectivity index (χ1) is 12.5. The predicted molar refractivity (Wildman–Crippen MR) is 90.7 cm³/mol. The topological polar surface area (TPSA) is 42.2 Å². The molecule has 11 heteroatoms. The zero-order valence-corrected chi connectivity index (χ0v) is 15.6. The number of halogens is 7. The number of nitrogens with zero attached hydrogens (tertiary/aromatic N) is 3. The maximum absolute atomic E-state index is 13.0. The standard InChI is InChI=1S/C17H17F6N3O.ClH/c1-10-2-4-26(5-3-10)9-14-24-15(25-27-14)11-6-12(16(18,19)20)8-13(7-11)17(21,22)23;/h6-8,10H,2-5,9H2,1H3;1H. The Kier molecular flexibility index (Phi) is 6.65. The monoisotopic (exact) mass is 429 g/mol. The Hall–Kier alpha value is -1.81. The highest BCUT2D eigenvalue weighted by atomic mass is 35.5. The first-order valence-electron chi connectivity index (χ1n) is 8.37. The van der Waals surface area contributed by atoms with Crippen LogP contribution in [0, 0.1) is 5.92 Å². The molecule has 0 bridgehead atoms. The number of piperidine rings is 1. The van der Waals surface area contributed by atoms with E-state index in [0.29, 0.717) is 24.6 Å². The van der Waals surface area contributed by atoms with Crippen LogP contribution >= 0.6 is 12.4 Å². The summed E-state index contributed by atoms with van der Waals surface area (Å²) in [6.07, 6.45) is -7.84. The van der Waals surface area contributed by atoms with E-state index < -0.39 is 23.5 Å². The van der Waals surface area contributed by atoms with Crippen LogP contribution in [0.25, 0.3) is 11.4 Å². The van der Waals surface area contributed by atoms with Gasteiger partial charge in [-0.1, -0.05) is 12.1 Å². The summed E-state index contributed by atoms with van der Waals surface area (Å²) in [5.41, 5.74) is -3.22. The number of hydrogen-bond donors (Lipinski definition) is 0. The summed E-state index contributed by atoms with van der Waals surface area (Å²) >= 11 is 0. The second-order valence-electron chi connectivity index (χ2n) is 6.76. The minimum Gasteiger partial charge on any atom is -0.338 e. The highest BCUT2D eigenvalue weighted by Crippen LogP contribution is 2.38. The SMILES string of the molecule is CC1CCN(Cc2nc(-c3cc(C(F)(F)F)cc(C(F)(F)F)c3)no2)CC1.Cl. The van der Waals surface area contributed by atoms with Crippen molar-refractivity contribution in [1.29, 1.82) is 0 Å². The fraction of sp³-hybridized carbons (Fsp3) is 0.529. The molecule has 156 valence electrons. The molecule has 1 aromatic carbocycles. The van der Waals surface area contributed by atoms with E-state index in [2.05, 4.69) is 22.0 Å². The van der Waals surface area contributed by atoms with Gasteiger partial charge in [-0.3, -0.25) is 4.90 Å². The summed E-state index contributed by atoms with van der Waals surface area (Å²) in [6, 6.07) is 1.25. The molecule has 1 saturated heterocycles. The number of alkyl halides is 6. The lowest BCUT2D eigenvalue weighted by molar-refractivity contribution is -0.143. The summed E-state index contributed by atoms with van der Waals surface area (Å²) in [5, 5.41) is 3.57. The van der Waals surface area contributed by atoms with Crippen LogP contribution in [0.4, 0.5) is 26.3 Å². The van der Waals surface area contributed by atoms with Crippen LogP contribution in [0.3, 0.4) is 0 Å². The van der Waals surface area contributed by atoms with Crippen LogP contribution in [0.1, 0.15) is 36.8 Å². The summed E-state index contributed by atoms with van der Waals surface area (Å²) in [7, 11) is 0. The van der Waals surface area contributed by atoms with Gasteiger partial charge in [-0.05, 0) is 50.0 Å². The van der Waals surface area contributed by atoms with Gasteiger partial charge in [-0.2, -0.15) is 31.3 Å². The second-order valence-corrected chi connectivity index (χ2v) is 6.76. The van der Waals surface area contributed by atoms with Gasteiger partial charge in [0.15, 0.2) is 0 Å². The Morgan fingerprint density at radius 3 is 2.04 bits per heavy atom. The number of likely N-dealkylation sites (tertiary alicyclic amines) is 1. The summed E-state index contributed by atoms with van der Waals surface area (Å²) in [5.74, 6) is 0.475. The van der Waals surface area contributed by atoms with E-state index >= 15 is 0 Å². The number of aromatic nitrogens is 2. The Balaban J connectivity index is 0.00000280. The molecule has 0 N–H and O–H groups in total. The van der Waals surface area contributed by atoms with Crippen molar-refractivity contribution in [3.05, 3.63) is 35.2 Å². The molecule has 1 aliphatic rings. The Labute approximate surface area is 163 Å². The van der Waals surface area contributed by atoms with Crippen molar-refractivity contribution in [2.75, 3.05) is 13.1 Å². The van der Waals surface area contributed by atoms with E-state index in [0.717, 1.165) is 25.9 Å². The third-order valence-electron chi connectivity index (χ3n) is 4.55. The molecule has 4 nitrogen and oxygen atoms in total. The van der Waals surface area contributed by atoms with Gasteiger partial charge in [0, 0.05) is 5.56 Å². The van der Waals surface area contributed by atoms with E-state index in [9.17, 15) is 26.3 Å². The minimum atomic E-state index is -4.92. The van der Waals surface area contributed by atoms with Crippen molar-refractivity contribution in [3.63, 3.8) is 0 Å². The van der Waals surface area contributed by atoms with Crippen LogP contribution < -0.4 is 0 Å². The fourth-order valence-corrected chi connectivity index (χ4v) is 2.93. The van der Waals surface area contributed by atoms with E-state index in [4.69, 9.17) is 4.52 Å². The summed E-state index contributed by atoms with van der Waals surface area (Å²) in [4.78, 5) is 6.05. The third-order valence-corrected chi connectivity index (χ3v) is 4.55. The molecule has 2 heterocycles. The summed E-state index contributed by atoms with van der Waals surface area (Å²) in [6.45, 7) is 4.10. The number of benzene rings is 1. The van der Waals surface area contributed by atoms with Gasteiger partial charge in [0.05, 0.1) is 17.7 Å². The lowest BCUT2D eigenvalue weighted by Gasteiger charge is -2.28. The van der Waals surface area contributed by atoms with Crippen molar-refractivity contribution in [1.82, 2.24) is 15.0 Å². The molecule has 1 aromatic heterocycles. The first kappa shape index (κ1) is 22.5. The second kappa shape index (κ2) is 8.28. The first-order valence-corrected chi connectivity index (χ1v) is 8.37. The molecule has 0 aliphatic carbocycles. The van der Waals surface area contributed by atoms with Gasteiger partial charge in [-0.25, -0.2) is 0 Å². The van der Waals surface area contributed by atoms with Crippen molar-refractivity contribution < 1.29 is 30.9 Å². The van der Waals surface area contributed by atoms with Crippen molar-refractivity contribution in [3.8, 4) is 11.4 Å². The largest absolute Gasteiger partial charge is 0.416 e. The normalized spacial score (nSPS) is 16.8. The van der Waals surface area contributed by atoms with E-state index in [1.165, 1.54) is 0 Å². The van der Waals surface area contributed by atoms with Crippen molar-refractivity contribution >= 4 is 12.4 Å². The van der Waals surface area contributed by atoms with E-state index in [-0.39, 0.29) is 35.8 Å². The van der Waals surface area contributed by atoms with Crippen LogP contribution in [0.5, 0.6) is 0 Å². The van der Waals surface area contributed by atoms with Gasteiger partial charge in [0.1, 0.15) is 0 Å². The average Bonchev–Trinajstić information content (AvgIpc) is 3.03. The molecular formula is C17H18ClF6N3O.